The van der Waals surface area contributed by atoms with E-state index in [1.807, 2.05) is 12.1 Å². The molecule has 2 rings (SSSR count). The standard InChI is InChI=1S/C12H16ClN3O/c13-11-7-9(4-5-15-11)8-16-6-2-1-3-10(16)12(14)17/h4-5,7,10H,1-3,6,8H2,(H2,14,17). The van der Waals surface area contributed by atoms with Crippen LogP contribution in [0.3, 0.4) is 0 Å². The van der Waals surface area contributed by atoms with Gasteiger partial charge in [0.25, 0.3) is 0 Å². The molecule has 1 amide bonds. The number of hydrogen-bond acceptors (Lipinski definition) is 3. The van der Waals surface area contributed by atoms with Crippen LogP contribution >= 0.6 is 11.6 Å². The maximum Gasteiger partial charge on any atom is 0.234 e. The highest BCUT2D eigenvalue weighted by atomic mass is 35.5. The average molecular weight is 254 g/mol. The van der Waals surface area contributed by atoms with Gasteiger partial charge in [-0.3, -0.25) is 9.69 Å². The molecule has 1 aliphatic rings. The van der Waals surface area contributed by atoms with Gasteiger partial charge in [0.05, 0.1) is 6.04 Å². The Morgan fingerprint density at radius 2 is 2.41 bits per heavy atom. The van der Waals surface area contributed by atoms with Gasteiger partial charge in [-0.25, -0.2) is 4.98 Å². The minimum atomic E-state index is -0.232. The number of halogens is 1. The molecule has 0 radical (unpaired) electrons. The second-order valence-electron chi connectivity index (χ2n) is 4.37. The summed E-state index contributed by atoms with van der Waals surface area (Å²) >= 11 is 5.84. The zero-order valence-corrected chi connectivity index (χ0v) is 10.4. The molecule has 4 nitrogen and oxygen atoms in total. The molecule has 0 spiro atoms. The van der Waals surface area contributed by atoms with Crippen LogP contribution in [-0.2, 0) is 11.3 Å². The van der Waals surface area contributed by atoms with Crippen molar-refractivity contribution in [2.45, 2.75) is 31.8 Å². The number of aromatic nitrogens is 1. The van der Waals surface area contributed by atoms with E-state index in [4.69, 9.17) is 17.3 Å². The second kappa shape index (κ2) is 5.47. The molecule has 2 N–H and O–H groups in total. The van der Waals surface area contributed by atoms with Crippen molar-refractivity contribution in [3.8, 4) is 0 Å². The number of pyridine rings is 1. The lowest BCUT2D eigenvalue weighted by Gasteiger charge is -2.33. The third kappa shape index (κ3) is 3.17. The monoisotopic (exact) mass is 253 g/mol. The summed E-state index contributed by atoms with van der Waals surface area (Å²) in [6.07, 6.45) is 4.72. The van der Waals surface area contributed by atoms with Gasteiger partial charge in [-0.1, -0.05) is 18.0 Å². The Bertz CT molecular complexity index is 410. The van der Waals surface area contributed by atoms with E-state index in [1.54, 1.807) is 6.20 Å². The first-order valence-electron chi connectivity index (χ1n) is 5.80. The van der Waals surface area contributed by atoms with E-state index in [9.17, 15) is 4.79 Å². The minimum absolute atomic E-state index is 0.143. The quantitative estimate of drug-likeness (QED) is 0.832. The molecule has 0 aliphatic carbocycles. The highest BCUT2D eigenvalue weighted by Crippen LogP contribution is 2.20. The highest BCUT2D eigenvalue weighted by molar-refractivity contribution is 6.29. The molecule has 17 heavy (non-hydrogen) atoms. The number of carbonyl (C=O) groups excluding carboxylic acids is 1. The maximum atomic E-state index is 11.4. The number of carbonyl (C=O) groups is 1. The maximum absolute atomic E-state index is 11.4. The van der Waals surface area contributed by atoms with E-state index in [2.05, 4.69) is 9.88 Å². The largest absolute Gasteiger partial charge is 0.368 e. The Hall–Kier alpha value is -1.13. The Labute approximate surface area is 106 Å². The molecule has 0 saturated carbocycles. The van der Waals surface area contributed by atoms with E-state index >= 15 is 0 Å². The third-order valence-corrected chi connectivity index (χ3v) is 3.33. The van der Waals surface area contributed by atoms with Gasteiger partial charge >= 0.3 is 0 Å². The molecule has 1 atom stereocenters. The molecule has 1 saturated heterocycles. The normalized spacial score (nSPS) is 21.4. The Morgan fingerprint density at radius 1 is 1.59 bits per heavy atom. The predicted octanol–water partition coefficient (Wildman–Crippen LogP) is 1.57. The van der Waals surface area contributed by atoms with Crippen LogP contribution < -0.4 is 5.73 Å². The molecule has 92 valence electrons. The van der Waals surface area contributed by atoms with Crippen LogP contribution in [0.15, 0.2) is 18.3 Å². The van der Waals surface area contributed by atoms with Crippen molar-refractivity contribution in [1.29, 1.82) is 0 Å². The van der Waals surface area contributed by atoms with Crippen LogP contribution in [0.5, 0.6) is 0 Å². The van der Waals surface area contributed by atoms with E-state index in [0.29, 0.717) is 11.7 Å². The summed E-state index contributed by atoms with van der Waals surface area (Å²) in [5, 5.41) is 0.482. The lowest BCUT2D eigenvalue weighted by Crippen LogP contribution is -2.47. The fourth-order valence-corrected chi connectivity index (χ4v) is 2.47. The lowest BCUT2D eigenvalue weighted by atomic mass is 10.0. The van der Waals surface area contributed by atoms with Gasteiger partial charge in [-0.15, -0.1) is 0 Å². The summed E-state index contributed by atoms with van der Waals surface area (Å²) in [6.45, 7) is 1.61. The molecule has 1 unspecified atom stereocenters. The minimum Gasteiger partial charge on any atom is -0.368 e. The lowest BCUT2D eigenvalue weighted by molar-refractivity contribution is -0.124. The molecular weight excluding hydrogens is 238 g/mol. The summed E-state index contributed by atoms with van der Waals surface area (Å²) in [6, 6.07) is 3.60. The fourth-order valence-electron chi connectivity index (χ4n) is 2.28. The van der Waals surface area contributed by atoms with Gasteiger partial charge in [0.2, 0.25) is 5.91 Å². The van der Waals surface area contributed by atoms with Crippen molar-refractivity contribution < 1.29 is 4.79 Å². The van der Waals surface area contributed by atoms with Crippen molar-refractivity contribution in [1.82, 2.24) is 9.88 Å². The SMILES string of the molecule is NC(=O)C1CCCCN1Cc1ccnc(Cl)c1. The molecule has 2 heterocycles. The molecular formula is C12H16ClN3O. The topological polar surface area (TPSA) is 59.2 Å². The molecule has 0 aromatic carbocycles. The number of likely N-dealkylation sites (tertiary alicyclic amines) is 1. The number of primary amides is 1. The Balaban J connectivity index is 2.08. The molecule has 1 aliphatic heterocycles. The van der Waals surface area contributed by atoms with Gasteiger partial charge in [0.1, 0.15) is 5.15 Å². The van der Waals surface area contributed by atoms with Crippen LogP contribution in [0, 0.1) is 0 Å². The molecule has 1 fully saturated rings. The zero-order chi connectivity index (χ0) is 12.3. The number of amides is 1. The first-order chi connectivity index (χ1) is 8.16. The molecule has 1 aromatic rings. The number of nitrogens with zero attached hydrogens (tertiary/aromatic N) is 2. The average Bonchev–Trinajstić information content (AvgIpc) is 2.29. The number of nitrogens with two attached hydrogens (primary N) is 1. The molecule has 1 aromatic heterocycles. The van der Waals surface area contributed by atoms with Gasteiger partial charge in [-0.2, -0.15) is 0 Å². The third-order valence-electron chi connectivity index (χ3n) is 3.12. The second-order valence-corrected chi connectivity index (χ2v) is 4.76. The molecule has 0 bridgehead atoms. The molecule has 5 heteroatoms. The van der Waals surface area contributed by atoms with E-state index in [1.165, 1.54) is 0 Å². The van der Waals surface area contributed by atoms with Gasteiger partial charge in [0.15, 0.2) is 0 Å². The summed E-state index contributed by atoms with van der Waals surface area (Å²) in [5.41, 5.74) is 6.49. The number of hydrogen-bond donors (Lipinski definition) is 1. The van der Waals surface area contributed by atoms with Crippen LogP contribution in [0.1, 0.15) is 24.8 Å². The van der Waals surface area contributed by atoms with E-state index < -0.39 is 0 Å². The van der Waals surface area contributed by atoms with Crippen molar-refractivity contribution in [2.24, 2.45) is 5.73 Å². The summed E-state index contributed by atoms with van der Waals surface area (Å²) in [7, 11) is 0. The zero-order valence-electron chi connectivity index (χ0n) is 9.60. The van der Waals surface area contributed by atoms with Crippen molar-refractivity contribution >= 4 is 17.5 Å². The van der Waals surface area contributed by atoms with Crippen molar-refractivity contribution in [3.05, 3.63) is 29.0 Å². The van der Waals surface area contributed by atoms with Gasteiger partial charge < -0.3 is 5.73 Å². The van der Waals surface area contributed by atoms with E-state index in [-0.39, 0.29) is 11.9 Å². The Kier molecular flexibility index (Phi) is 3.97. The highest BCUT2D eigenvalue weighted by Gasteiger charge is 2.26. The van der Waals surface area contributed by atoms with Crippen LogP contribution in [0.2, 0.25) is 5.15 Å². The van der Waals surface area contributed by atoms with Gasteiger partial charge in [0, 0.05) is 12.7 Å². The van der Waals surface area contributed by atoms with E-state index in [0.717, 1.165) is 31.4 Å². The number of rotatable bonds is 3. The van der Waals surface area contributed by atoms with Crippen molar-refractivity contribution in [3.63, 3.8) is 0 Å². The van der Waals surface area contributed by atoms with Crippen LogP contribution in [-0.4, -0.2) is 28.4 Å². The first-order valence-corrected chi connectivity index (χ1v) is 6.18. The smallest absolute Gasteiger partial charge is 0.234 e. The van der Waals surface area contributed by atoms with Crippen LogP contribution in [0.4, 0.5) is 0 Å². The summed E-state index contributed by atoms with van der Waals surface area (Å²) < 4.78 is 0. The number of piperidine rings is 1. The predicted molar refractivity (Wildman–Crippen MR) is 66.5 cm³/mol. The van der Waals surface area contributed by atoms with Crippen molar-refractivity contribution in [2.75, 3.05) is 6.54 Å². The Morgan fingerprint density at radius 3 is 3.12 bits per heavy atom. The summed E-state index contributed by atoms with van der Waals surface area (Å²) in [5.74, 6) is -0.232. The fraction of sp³-hybridized carbons (Fsp3) is 0.500. The van der Waals surface area contributed by atoms with Gasteiger partial charge in [-0.05, 0) is 37.1 Å². The van der Waals surface area contributed by atoms with Crippen LogP contribution in [0.25, 0.3) is 0 Å². The first kappa shape index (κ1) is 12.3. The summed E-state index contributed by atoms with van der Waals surface area (Å²) in [4.78, 5) is 17.4.